The molecule has 0 atom stereocenters. The minimum atomic E-state index is -3.75. The fraction of sp³-hybridized carbons (Fsp3) is 0.308. The first-order valence-corrected chi connectivity index (χ1v) is 9.19. The summed E-state index contributed by atoms with van der Waals surface area (Å²) in [4.78, 5) is 4.27. The summed E-state index contributed by atoms with van der Waals surface area (Å²) in [7, 11) is 1.63. The van der Waals surface area contributed by atoms with Crippen LogP contribution in [0.3, 0.4) is 0 Å². The Morgan fingerprint density at radius 3 is 2.75 bits per heavy atom. The quantitative estimate of drug-likeness (QED) is 0.781. The molecule has 0 bridgehead atoms. The maximum absolute atomic E-state index is 11.4. The Bertz CT molecular complexity index is 710. The van der Waals surface area contributed by atoms with Gasteiger partial charge in [0, 0.05) is 16.2 Å². The number of rotatable bonds is 5. The summed E-state index contributed by atoms with van der Waals surface area (Å²) >= 11 is 1.07. The molecule has 20 heavy (non-hydrogen) atoms. The number of benzene rings is 1. The Kier molecular flexibility index (Phi) is 4.67. The Labute approximate surface area is 126 Å². The minimum absolute atomic E-state index is 0.0917. The van der Waals surface area contributed by atoms with Crippen LogP contribution in [0.5, 0.6) is 5.75 Å². The fourth-order valence-corrected chi connectivity index (χ4v) is 4.12. The summed E-state index contributed by atoms with van der Waals surface area (Å²) in [5.41, 5.74) is 1.23. The molecule has 0 aliphatic rings. The van der Waals surface area contributed by atoms with Crippen molar-refractivity contribution < 1.29 is 13.2 Å². The zero-order valence-corrected chi connectivity index (χ0v) is 13.5. The van der Waals surface area contributed by atoms with Gasteiger partial charge in [-0.1, -0.05) is 19.1 Å². The van der Waals surface area contributed by atoms with Crippen molar-refractivity contribution in [1.82, 2.24) is 4.98 Å². The second-order valence-electron chi connectivity index (χ2n) is 4.21. The van der Waals surface area contributed by atoms with Gasteiger partial charge in [-0.3, -0.25) is 0 Å². The van der Waals surface area contributed by atoms with Crippen LogP contribution in [0.1, 0.15) is 19.0 Å². The molecule has 0 spiro atoms. The summed E-state index contributed by atoms with van der Waals surface area (Å²) in [6.45, 7) is 4.31. The third kappa shape index (κ3) is 3.50. The van der Waals surface area contributed by atoms with Gasteiger partial charge in [0.15, 0.2) is 4.21 Å². The van der Waals surface area contributed by atoms with Crippen LogP contribution in [0.2, 0.25) is 0 Å². The molecule has 1 aromatic heterocycles. The lowest BCUT2D eigenvalue weighted by atomic mass is 10.2. The van der Waals surface area contributed by atoms with E-state index < -0.39 is 9.05 Å². The largest absolute Gasteiger partial charge is 0.494 e. The van der Waals surface area contributed by atoms with Crippen LogP contribution in [0.15, 0.2) is 28.5 Å². The lowest BCUT2D eigenvalue weighted by Gasteiger charge is -2.05. The van der Waals surface area contributed by atoms with Gasteiger partial charge >= 0.3 is 0 Å². The summed E-state index contributed by atoms with van der Waals surface area (Å²) in [5.74, 6) is 0.743. The molecule has 0 N–H and O–H groups in total. The molecular formula is C13H14ClNO3S2. The number of aryl methyl sites for hydroxylation is 1. The van der Waals surface area contributed by atoms with Gasteiger partial charge < -0.3 is 4.74 Å². The predicted molar refractivity (Wildman–Crippen MR) is 81.1 cm³/mol. The van der Waals surface area contributed by atoms with Crippen LogP contribution >= 0.6 is 22.0 Å². The maximum atomic E-state index is 11.4. The summed E-state index contributed by atoms with van der Waals surface area (Å²) in [6, 6.07) is 7.42. The van der Waals surface area contributed by atoms with Crippen molar-refractivity contribution in [2.45, 2.75) is 24.5 Å². The molecule has 4 nitrogen and oxygen atoms in total. The molecule has 0 saturated carbocycles. The van der Waals surface area contributed by atoms with E-state index in [4.69, 9.17) is 15.4 Å². The highest BCUT2D eigenvalue weighted by atomic mass is 35.7. The van der Waals surface area contributed by atoms with E-state index in [9.17, 15) is 8.42 Å². The number of nitrogens with zero attached hydrogens (tertiary/aromatic N) is 1. The van der Waals surface area contributed by atoms with E-state index in [0.29, 0.717) is 17.3 Å². The van der Waals surface area contributed by atoms with Gasteiger partial charge in [-0.2, -0.15) is 0 Å². The maximum Gasteiger partial charge on any atom is 0.272 e. The average molecular weight is 332 g/mol. The number of ether oxygens (including phenoxy) is 1. The molecule has 1 heterocycles. The SMILES string of the molecule is CCCOc1cccc(-c2nc(C)c(S(=O)(=O)Cl)s2)c1. The molecule has 0 fully saturated rings. The highest BCUT2D eigenvalue weighted by Crippen LogP contribution is 2.34. The normalized spacial score (nSPS) is 11.6. The summed E-state index contributed by atoms with van der Waals surface area (Å²) < 4.78 is 28.5. The van der Waals surface area contributed by atoms with Crippen molar-refractivity contribution in [2.75, 3.05) is 6.61 Å². The first kappa shape index (κ1) is 15.3. The lowest BCUT2D eigenvalue weighted by molar-refractivity contribution is 0.317. The summed E-state index contributed by atoms with van der Waals surface area (Å²) in [5, 5.41) is 0.615. The highest BCUT2D eigenvalue weighted by Gasteiger charge is 2.19. The predicted octanol–water partition coefficient (Wildman–Crippen LogP) is 3.83. The van der Waals surface area contributed by atoms with Crippen LogP contribution in [0.4, 0.5) is 0 Å². The smallest absolute Gasteiger partial charge is 0.272 e. The number of halogens is 1. The fourth-order valence-electron chi connectivity index (χ4n) is 1.67. The lowest BCUT2D eigenvalue weighted by Crippen LogP contribution is -1.94. The molecule has 0 aliphatic heterocycles. The zero-order valence-electron chi connectivity index (χ0n) is 11.1. The van der Waals surface area contributed by atoms with E-state index in [2.05, 4.69) is 4.98 Å². The first-order chi connectivity index (χ1) is 9.41. The number of hydrogen-bond acceptors (Lipinski definition) is 5. The molecule has 0 radical (unpaired) electrons. The van der Waals surface area contributed by atoms with Gasteiger partial charge in [0.05, 0.1) is 12.3 Å². The molecule has 2 aromatic rings. The summed E-state index contributed by atoms with van der Waals surface area (Å²) in [6.07, 6.45) is 0.926. The van der Waals surface area contributed by atoms with E-state index in [1.807, 2.05) is 31.2 Å². The van der Waals surface area contributed by atoms with Crippen molar-refractivity contribution in [3.8, 4) is 16.3 Å². The van der Waals surface area contributed by atoms with Crippen molar-refractivity contribution >= 4 is 31.1 Å². The van der Waals surface area contributed by atoms with Crippen LogP contribution in [0.25, 0.3) is 10.6 Å². The van der Waals surface area contributed by atoms with Crippen LogP contribution in [-0.2, 0) is 9.05 Å². The molecule has 1 aromatic carbocycles. The molecule has 7 heteroatoms. The van der Waals surface area contributed by atoms with E-state index in [0.717, 1.165) is 29.1 Å². The van der Waals surface area contributed by atoms with Gasteiger partial charge in [-0.15, -0.1) is 11.3 Å². The van der Waals surface area contributed by atoms with E-state index in [1.54, 1.807) is 6.92 Å². The monoisotopic (exact) mass is 331 g/mol. The molecule has 0 unspecified atom stereocenters. The Balaban J connectivity index is 2.37. The minimum Gasteiger partial charge on any atom is -0.494 e. The second kappa shape index (κ2) is 6.11. The standard InChI is InChI=1S/C13H14ClNO3S2/c1-3-7-18-11-6-4-5-10(8-11)12-15-9(2)13(19-12)20(14,16)17/h4-6,8H,3,7H2,1-2H3. The third-order valence-electron chi connectivity index (χ3n) is 2.53. The molecule has 0 saturated heterocycles. The van der Waals surface area contributed by atoms with Gasteiger partial charge in [-0.05, 0) is 25.5 Å². The second-order valence-corrected chi connectivity index (χ2v) is 7.97. The number of hydrogen-bond donors (Lipinski definition) is 0. The van der Waals surface area contributed by atoms with Crippen LogP contribution < -0.4 is 4.74 Å². The van der Waals surface area contributed by atoms with E-state index in [-0.39, 0.29) is 4.21 Å². The highest BCUT2D eigenvalue weighted by molar-refractivity contribution is 8.15. The van der Waals surface area contributed by atoms with Crippen molar-refractivity contribution in [2.24, 2.45) is 0 Å². The molecule has 0 aliphatic carbocycles. The van der Waals surface area contributed by atoms with Crippen LogP contribution in [0, 0.1) is 6.92 Å². The van der Waals surface area contributed by atoms with Crippen molar-refractivity contribution in [3.05, 3.63) is 30.0 Å². The third-order valence-corrected chi connectivity index (χ3v) is 5.91. The molecule has 2 rings (SSSR count). The zero-order chi connectivity index (χ0) is 14.8. The van der Waals surface area contributed by atoms with Gasteiger partial charge in [0.25, 0.3) is 9.05 Å². The van der Waals surface area contributed by atoms with E-state index >= 15 is 0 Å². The number of aromatic nitrogens is 1. The van der Waals surface area contributed by atoms with Crippen molar-refractivity contribution in [3.63, 3.8) is 0 Å². The van der Waals surface area contributed by atoms with Gasteiger partial charge in [-0.25, -0.2) is 13.4 Å². The molecular weight excluding hydrogens is 318 g/mol. The first-order valence-electron chi connectivity index (χ1n) is 6.07. The molecule has 0 amide bonds. The topological polar surface area (TPSA) is 56.3 Å². The Morgan fingerprint density at radius 1 is 1.40 bits per heavy atom. The van der Waals surface area contributed by atoms with Crippen molar-refractivity contribution in [1.29, 1.82) is 0 Å². The number of thiazole rings is 1. The van der Waals surface area contributed by atoms with Gasteiger partial charge in [0.1, 0.15) is 10.8 Å². The van der Waals surface area contributed by atoms with E-state index in [1.165, 1.54) is 0 Å². The Morgan fingerprint density at radius 2 is 2.15 bits per heavy atom. The molecule has 108 valence electrons. The average Bonchev–Trinajstić information content (AvgIpc) is 2.79. The van der Waals surface area contributed by atoms with Crippen LogP contribution in [-0.4, -0.2) is 20.0 Å². The Hall–Kier alpha value is -1.11. The van der Waals surface area contributed by atoms with Gasteiger partial charge in [0.2, 0.25) is 0 Å².